The molecule has 80 valence electrons. The molecule has 1 rings (SSSR count). The number of hydrogen-bond donors (Lipinski definition) is 2. The highest BCUT2D eigenvalue weighted by molar-refractivity contribution is 7.85. The lowest BCUT2D eigenvalue weighted by atomic mass is 10.2. The lowest BCUT2D eigenvalue weighted by Gasteiger charge is -2.03. The highest BCUT2D eigenvalue weighted by Crippen LogP contribution is 2.13. The van der Waals surface area contributed by atoms with Gasteiger partial charge in [-0.2, -0.15) is 0 Å². The van der Waals surface area contributed by atoms with Crippen LogP contribution in [0.4, 0.5) is 0 Å². The number of rotatable bonds is 4. The second kappa shape index (κ2) is 4.70. The molecular weight excluding hydrogens is 220 g/mol. The molecule has 5 nitrogen and oxygen atoms in total. The van der Waals surface area contributed by atoms with Gasteiger partial charge < -0.3 is 10.2 Å². The van der Waals surface area contributed by atoms with Gasteiger partial charge in [-0.15, -0.1) is 0 Å². The van der Waals surface area contributed by atoms with Gasteiger partial charge in [0.25, 0.3) is 0 Å². The van der Waals surface area contributed by atoms with Crippen molar-refractivity contribution in [2.75, 3.05) is 5.75 Å². The lowest BCUT2D eigenvalue weighted by molar-refractivity contribution is -0.133. The van der Waals surface area contributed by atoms with E-state index in [2.05, 4.69) is 0 Å². The van der Waals surface area contributed by atoms with Crippen LogP contribution in [0.15, 0.2) is 29.2 Å². The van der Waals surface area contributed by atoms with Gasteiger partial charge in [0.2, 0.25) is 0 Å². The number of aromatic carboxylic acids is 1. The van der Waals surface area contributed by atoms with Crippen LogP contribution in [0.3, 0.4) is 0 Å². The zero-order valence-electron chi connectivity index (χ0n) is 7.54. The third-order valence-electron chi connectivity index (χ3n) is 1.62. The Kier molecular flexibility index (Phi) is 3.56. The van der Waals surface area contributed by atoms with Gasteiger partial charge in [-0.05, 0) is 12.1 Å². The molecule has 0 aliphatic heterocycles. The van der Waals surface area contributed by atoms with Crippen molar-refractivity contribution >= 4 is 22.7 Å². The number of hydrogen-bond acceptors (Lipinski definition) is 3. The van der Waals surface area contributed by atoms with Crippen molar-refractivity contribution in [1.29, 1.82) is 0 Å². The Balaban J connectivity index is 3.08. The molecular formula is C9H8O5S. The number of aliphatic carboxylic acids is 1. The van der Waals surface area contributed by atoms with E-state index in [9.17, 15) is 13.8 Å². The van der Waals surface area contributed by atoms with Crippen LogP contribution in [-0.2, 0) is 15.6 Å². The monoisotopic (exact) mass is 228 g/mol. The largest absolute Gasteiger partial charge is 0.481 e. The van der Waals surface area contributed by atoms with Crippen molar-refractivity contribution in [1.82, 2.24) is 0 Å². The molecule has 2 N–H and O–H groups in total. The molecule has 1 aromatic carbocycles. The quantitative estimate of drug-likeness (QED) is 0.786. The van der Waals surface area contributed by atoms with Crippen LogP contribution in [0.25, 0.3) is 0 Å². The van der Waals surface area contributed by atoms with Crippen LogP contribution in [0.2, 0.25) is 0 Å². The molecule has 1 atom stereocenters. The zero-order chi connectivity index (χ0) is 11.4. The Labute approximate surface area is 87.8 Å². The van der Waals surface area contributed by atoms with E-state index in [0.717, 1.165) is 0 Å². The molecule has 0 aliphatic carbocycles. The molecule has 15 heavy (non-hydrogen) atoms. The van der Waals surface area contributed by atoms with E-state index >= 15 is 0 Å². The van der Waals surface area contributed by atoms with Crippen LogP contribution in [0.5, 0.6) is 0 Å². The zero-order valence-corrected chi connectivity index (χ0v) is 8.36. The Morgan fingerprint density at radius 2 is 1.80 bits per heavy atom. The van der Waals surface area contributed by atoms with Crippen LogP contribution in [0.1, 0.15) is 10.4 Å². The smallest absolute Gasteiger partial charge is 0.336 e. The summed E-state index contributed by atoms with van der Waals surface area (Å²) < 4.78 is 11.4. The van der Waals surface area contributed by atoms with Crippen LogP contribution >= 0.6 is 0 Å². The minimum Gasteiger partial charge on any atom is -0.481 e. The standard InChI is InChI=1S/C9H8O5S/c10-8(11)5-15(14)7-4-2-1-3-6(7)9(12)13/h1-4H,5H2,(H,10,11)(H,12,13)/t15-/m0/s1. The summed E-state index contributed by atoms with van der Waals surface area (Å²) in [6, 6.07) is 5.65. The van der Waals surface area contributed by atoms with Crippen molar-refractivity contribution in [2.45, 2.75) is 4.90 Å². The second-order valence-electron chi connectivity index (χ2n) is 2.68. The van der Waals surface area contributed by atoms with Gasteiger partial charge in [0.15, 0.2) is 0 Å². The normalized spacial score (nSPS) is 12.0. The average molecular weight is 228 g/mol. The molecule has 0 fully saturated rings. The predicted molar refractivity (Wildman–Crippen MR) is 52.3 cm³/mol. The molecule has 0 amide bonds. The first-order valence-electron chi connectivity index (χ1n) is 3.95. The molecule has 0 aromatic heterocycles. The molecule has 0 saturated carbocycles. The second-order valence-corrected chi connectivity index (χ2v) is 4.10. The maximum atomic E-state index is 11.4. The predicted octanol–water partition coefficient (Wildman–Crippen LogP) is 0.577. The van der Waals surface area contributed by atoms with E-state index in [1.807, 2.05) is 0 Å². The maximum absolute atomic E-state index is 11.4. The van der Waals surface area contributed by atoms with Gasteiger partial charge in [-0.25, -0.2) is 4.79 Å². The van der Waals surface area contributed by atoms with Gasteiger partial charge in [0, 0.05) is 0 Å². The fourth-order valence-corrected chi connectivity index (χ4v) is 2.04. The third kappa shape index (κ3) is 2.88. The Morgan fingerprint density at radius 3 is 2.33 bits per heavy atom. The molecule has 6 heteroatoms. The number of carbonyl (C=O) groups is 2. The van der Waals surface area contributed by atoms with Crippen molar-refractivity contribution < 1.29 is 24.0 Å². The maximum Gasteiger partial charge on any atom is 0.336 e. The van der Waals surface area contributed by atoms with Gasteiger partial charge >= 0.3 is 11.9 Å². The average Bonchev–Trinajstić information content (AvgIpc) is 2.16. The van der Waals surface area contributed by atoms with E-state index in [-0.39, 0.29) is 10.5 Å². The summed E-state index contributed by atoms with van der Waals surface area (Å²) in [6.07, 6.45) is 0. The Hall–Kier alpha value is -1.69. The summed E-state index contributed by atoms with van der Waals surface area (Å²) in [5, 5.41) is 17.2. The van der Waals surface area contributed by atoms with Gasteiger partial charge in [0.1, 0.15) is 5.75 Å². The van der Waals surface area contributed by atoms with Crippen LogP contribution in [-0.4, -0.2) is 32.1 Å². The lowest BCUT2D eigenvalue weighted by Crippen LogP contribution is -2.12. The molecule has 1 aromatic rings. The number of carboxylic acid groups (broad SMARTS) is 2. The Morgan fingerprint density at radius 1 is 1.20 bits per heavy atom. The third-order valence-corrected chi connectivity index (χ3v) is 2.97. The van der Waals surface area contributed by atoms with E-state index < -0.39 is 28.5 Å². The van der Waals surface area contributed by atoms with Gasteiger partial charge in [-0.3, -0.25) is 9.00 Å². The molecule has 0 saturated heterocycles. The SMILES string of the molecule is O=C(O)C[S@](=O)c1ccccc1C(=O)O. The fourth-order valence-electron chi connectivity index (χ4n) is 1.03. The Bertz CT molecular complexity index is 426. The summed E-state index contributed by atoms with van der Waals surface area (Å²) in [7, 11) is -1.83. The minimum atomic E-state index is -1.83. The van der Waals surface area contributed by atoms with Crippen LogP contribution in [0, 0.1) is 0 Å². The summed E-state index contributed by atoms with van der Waals surface area (Å²) in [5.41, 5.74) is -0.128. The molecule has 0 spiro atoms. The molecule has 0 aliphatic rings. The topological polar surface area (TPSA) is 91.7 Å². The molecule has 0 bridgehead atoms. The van der Waals surface area contributed by atoms with Crippen molar-refractivity contribution in [3.05, 3.63) is 29.8 Å². The first kappa shape index (κ1) is 11.4. The van der Waals surface area contributed by atoms with E-state index in [0.29, 0.717) is 0 Å². The number of benzene rings is 1. The summed E-state index contributed by atoms with van der Waals surface area (Å²) in [4.78, 5) is 21.1. The molecule has 0 unspecified atom stereocenters. The van der Waals surface area contributed by atoms with Gasteiger partial charge in [0.05, 0.1) is 21.3 Å². The fraction of sp³-hybridized carbons (Fsp3) is 0.111. The number of carboxylic acids is 2. The highest BCUT2D eigenvalue weighted by Gasteiger charge is 2.16. The summed E-state index contributed by atoms with van der Waals surface area (Å²) in [5.74, 6) is -3.04. The van der Waals surface area contributed by atoms with E-state index in [4.69, 9.17) is 10.2 Å². The molecule has 0 radical (unpaired) electrons. The molecule has 0 heterocycles. The van der Waals surface area contributed by atoms with E-state index in [1.165, 1.54) is 24.3 Å². The highest BCUT2D eigenvalue weighted by atomic mass is 32.2. The van der Waals surface area contributed by atoms with Gasteiger partial charge in [-0.1, -0.05) is 12.1 Å². The first-order chi connectivity index (χ1) is 7.02. The minimum absolute atomic E-state index is 0.0346. The summed E-state index contributed by atoms with van der Waals surface area (Å²) >= 11 is 0. The van der Waals surface area contributed by atoms with Crippen LogP contribution < -0.4 is 0 Å². The first-order valence-corrected chi connectivity index (χ1v) is 5.26. The van der Waals surface area contributed by atoms with Crippen molar-refractivity contribution in [3.8, 4) is 0 Å². The summed E-state index contributed by atoms with van der Waals surface area (Å²) in [6.45, 7) is 0. The van der Waals surface area contributed by atoms with E-state index in [1.54, 1.807) is 0 Å². The van der Waals surface area contributed by atoms with Crippen molar-refractivity contribution in [2.24, 2.45) is 0 Å². The van der Waals surface area contributed by atoms with Crippen molar-refractivity contribution in [3.63, 3.8) is 0 Å².